The molecular formula is C7H5ClN2O. The minimum Gasteiger partial charge on any atom is -0.353 e. The van der Waals surface area contributed by atoms with Gasteiger partial charge < -0.3 is 4.52 Å². The van der Waals surface area contributed by atoms with Gasteiger partial charge in [-0.1, -0.05) is 16.8 Å². The maximum atomic E-state index is 5.73. The van der Waals surface area contributed by atoms with Crippen molar-refractivity contribution in [3.05, 3.63) is 23.1 Å². The van der Waals surface area contributed by atoms with Gasteiger partial charge >= 0.3 is 0 Å². The Labute approximate surface area is 68.0 Å². The molecule has 0 fully saturated rings. The summed E-state index contributed by atoms with van der Waals surface area (Å²) < 4.78 is 4.94. The molecule has 0 amide bonds. The van der Waals surface area contributed by atoms with Crippen LogP contribution in [-0.4, -0.2) is 10.1 Å². The fourth-order valence-corrected chi connectivity index (χ4v) is 1.15. The van der Waals surface area contributed by atoms with Gasteiger partial charge in [-0.25, -0.2) is 4.98 Å². The smallest absolute Gasteiger partial charge is 0.204 e. The lowest BCUT2D eigenvalue weighted by Gasteiger charge is -1.87. The molecule has 0 saturated carbocycles. The van der Waals surface area contributed by atoms with Crippen LogP contribution in [0.2, 0.25) is 5.15 Å². The maximum absolute atomic E-state index is 5.73. The van der Waals surface area contributed by atoms with E-state index < -0.39 is 0 Å². The van der Waals surface area contributed by atoms with E-state index in [1.54, 1.807) is 6.20 Å². The first-order chi connectivity index (χ1) is 5.29. The molecule has 0 aliphatic carbocycles. The van der Waals surface area contributed by atoms with Gasteiger partial charge in [-0.2, -0.15) is 0 Å². The third kappa shape index (κ3) is 0.886. The zero-order chi connectivity index (χ0) is 7.84. The molecule has 2 rings (SSSR count). The number of nitrogens with zero attached hydrogens (tertiary/aromatic N) is 2. The molecule has 2 aromatic rings. The van der Waals surface area contributed by atoms with Gasteiger partial charge in [0.25, 0.3) is 0 Å². The Kier molecular flexibility index (Phi) is 1.32. The lowest BCUT2D eigenvalue weighted by atomic mass is 10.3. The lowest BCUT2D eigenvalue weighted by Crippen LogP contribution is -1.74. The minimum atomic E-state index is 0.364. The quantitative estimate of drug-likeness (QED) is 0.566. The third-order valence-electron chi connectivity index (χ3n) is 1.52. The minimum absolute atomic E-state index is 0.364. The Bertz CT molecular complexity index is 396. The Morgan fingerprint density at radius 2 is 2.36 bits per heavy atom. The number of aromatic nitrogens is 2. The zero-order valence-corrected chi connectivity index (χ0v) is 6.59. The molecule has 4 heteroatoms. The number of aryl methyl sites for hydroxylation is 1. The van der Waals surface area contributed by atoms with Gasteiger partial charge in [0.1, 0.15) is 0 Å². The number of halogens is 1. The lowest BCUT2D eigenvalue weighted by molar-refractivity contribution is 0.449. The largest absolute Gasteiger partial charge is 0.353 e. The van der Waals surface area contributed by atoms with E-state index >= 15 is 0 Å². The van der Waals surface area contributed by atoms with Crippen molar-refractivity contribution >= 4 is 22.6 Å². The summed E-state index contributed by atoms with van der Waals surface area (Å²) in [6, 6.07) is 1.83. The predicted octanol–water partition coefficient (Wildman–Crippen LogP) is 2.18. The molecule has 0 N–H and O–H groups in total. The van der Waals surface area contributed by atoms with Gasteiger partial charge in [0.05, 0.1) is 5.69 Å². The second kappa shape index (κ2) is 2.20. The molecule has 0 atom stereocenters. The monoisotopic (exact) mass is 168 g/mol. The van der Waals surface area contributed by atoms with Crippen LogP contribution in [0.5, 0.6) is 0 Å². The molecule has 0 aromatic carbocycles. The number of hydrogen-bond donors (Lipinski definition) is 0. The van der Waals surface area contributed by atoms with Gasteiger partial charge in [0.2, 0.25) is 5.58 Å². The zero-order valence-electron chi connectivity index (χ0n) is 5.84. The van der Waals surface area contributed by atoms with Crippen LogP contribution in [-0.2, 0) is 0 Å². The van der Waals surface area contributed by atoms with Crippen LogP contribution in [0.3, 0.4) is 0 Å². The summed E-state index contributed by atoms with van der Waals surface area (Å²) in [7, 11) is 0. The molecule has 2 aromatic heterocycles. The van der Waals surface area contributed by atoms with E-state index in [0.29, 0.717) is 10.7 Å². The maximum Gasteiger partial charge on any atom is 0.204 e. The molecule has 0 unspecified atom stereocenters. The Morgan fingerprint density at radius 1 is 1.55 bits per heavy atom. The summed E-state index contributed by atoms with van der Waals surface area (Å²) in [5, 5.41) is 5.04. The number of hydrogen-bond acceptors (Lipinski definition) is 3. The first-order valence-corrected chi connectivity index (χ1v) is 3.53. The first-order valence-electron chi connectivity index (χ1n) is 3.15. The summed E-state index contributed by atoms with van der Waals surface area (Å²) in [4.78, 5) is 3.85. The standard InChI is InChI=1S/C7H5ClN2O/c1-4-5-2-3-9-7(8)6(5)11-10-4/h2-3H,1H3. The molecule has 0 aliphatic heterocycles. The Morgan fingerprint density at radius 3 is 3.09 bits per heavy atom. The van der Waals surface area contributed by atoms with Crippen LogP contribution in [0.15, 0.2) is 16.8 Å². The van der Waals surface area contributed by atoms with E-state index in [4.69, 9.17) is 16.1 Å². The summed E-state index contributed by atoms with van der Waals surface area (Å²) in [6.45, 7) is 1.86. The van der Waals surface area contributed by atoms with Gasteiger partial charge in [-0.15, -0.1) is 0 Å². The molecule has 0 bridgehead atoms. The van der Waals surface area contributed by atoms with Crippen molar-refractivity contribution in [3.63, 3.8) is 0 Å². The molecule has 0 radical (unpaired) electrons. The van der Waals surface area contributed by atoms with Crippen LogP contribution in [0.25, 0.3) is 11.0 Å². The van der Waals surface area contributed by atoms with Gasteiger partial charge in [0.15, 0.2) is 5.15 Å². The molecular weight excluding hydrogens is 164 g/mol. The normalized spacial score (nSPS) is 10.7. The van der Waals surface area contributed by atoms with Crippen molar-refractivity contribution in [3.8, 4) is 0 Å². The van der Waals surface area contributed by atoms with E-state index in [1.807, 2.05) is 13.0 Å². The number of fused-ring (bicyclic) bond motifs is 1. The highest BCUT2D eigenvalue weighted by atomic mass is 35.5. The molecule has 56 valence electrons. The van der Waals surface area contributed by atoms with Crippen molar-refractivity contribution < 1.29 is 4.52 Å². The second-order valence-electron chi connectivity index (χ2n) is 2.25. The van der Waals surface area contributed by atoms with Crippen molar-refractivity contribution in [2.24, 2.45) is 0 Å². The van der Waals surface area contributed by atoms with Crippen LogP contribution in [0.1, 0.15) is 5.69 Å². The third-order valence-corrected chi connectivity index (χ3v) is 1.79. The van der Waals surface area contributed by atoms with Crippen molar-refractivity contribution in [1.82, 2.24) is 10.1 Å². The average molecular weight is 169 g/mol. The highest BCUT2D eigenvalue weighted by molar-refractivity contribution is 6.33. The second-order valence-corrected chi connectivity index (χ2v) is 2.60. The molecule has 0 saturated heterocycles. The van der Waals surface area contributed by atoms with Gasteiger partial charge in [0, 0.05) is 11.6 Å². The van der Waals surface area contributed by atoms with E-state index in [0.717, 1.165) is 11.1 Å². The fourth-order valence-electron chi connectivity index (χ4n) is 0.958. The molecule has 0 aliphatic rings. The van der Waals surface area contributed by atoms with Crippen molar-refractivity contribution in [2.45, 2.75) is 6.92 Å². The average Bonchev–Trinajstić information content (AvgIpc) is 2.35. The first kappa shape index (κ1) is 6.61. The van der Waals surface area contributed by atoms with Gasteiger partial charge in [-0.05, 0) is 13.0 Å². The highest BCUT2D eigenvalue weighted by Crippen LogP contribution is 2.22. The van der Waals surface area contributed by atoms with E-state index in [-0.39, 0.29) is 0 Å². The van der Waals surface area contributed by atoms with Crippen LogP contribution in [0, 0.1) is 6.92 Å². The van der Waals surface area contributed by atoms with E-state index in [2.05, 4.69) is 10.1 Å². The van der Waals surface area contributed by atoms with Crippen LogP contribution < -0.4 is 0 Å². The molecule has 11 heavy (non-hydrogen) atoms. The molecule has 3 nitrogen and oxygen atoms in total. The highest BCUT2D eigenvalue weighted by Gasteiger charge is 2.06. The Hall–Kier alpha value is -1.09. The van der Waals surface area contributed by atoms with Crippen LogP contribution in [0.4, 0.5) is 0 Å². The summed E-state index contributed by atoms with van der Waals surface area (Å²) in [6.07, 6.45) is 1.63. The van der Waals surface area contributed by atoms with Gasteiger partial charge in [-0.3, -0.25) is 0 Å². The molecule has 0 spiro atoms. The van der Waals surface area contributed by atoms with E-state index in [1.165, 1.54) is 0 Å². The summed E-state index contributed by atoms with van der Waals surface area (Å²) in [5.41, 5.74) is 1.40. The topological polar surface area (TPSA) is 38.9 Å². The van der Waals surface area contributed by atoms with Crippen molar-refractivity contribution in [2.75, 3.05) is 0 Å². The number of pyridine rings is 1. The van der Waals surface area contributed by atoms with Crippen LogP contribution >= 0.6 is 11.6 Å². The van der Waals surface area contributed by atoms with Crippen molar-refractivity contribution in [1.29, 1.82) is 0 Å². The summed E-state index contributed by atoms with van der Waals surface area (Å²) in [5.74, 6) is 0. The number of rotatable bonds is 0. The Balaban J connectivity index is 2.94. The predicted molar refractivity (Wildman–Crippen MR) is 41.6 cm³/mol. The SMILES string of the molecule is Cc1noc2c(Cl)nccc12. The molecule has 2 heterocycles. The summed E-state index contributed by atoms with van der Waals surface area (Å²) >= 11 is 5.73. The fraction of sp³-hybridized carbons (Fsp3) is 0.143. The van der Waals surface area contributed by atoms with E-state index in [9.17, 15) is 0 Å².